The summed E-state index contributed by atoms with van der Waals surface area (Å²) >= 11 is 0. The molecule has 0 heterocycles. The summed E-state index contributed by atoms with van der Waals surface area (Å²) in [7, 11) is 0. The van der Waals surface area contributed by atoms with Crippen molar-refractivity contribution in [1.29, 1.82) is 0 Å². The zero-order valence-corrected chi connectivity index (χ0v) is 15.8. The Balaban J connectivity index is 1.81. The van der Waals surface area contributed by atoms with E-state index in [0.29, 0.717) is 12.2 Å². The third kappa shape index (κ3) is 4.69. The maximum atomic E-state index is 12.8. The molecule has 0 aliphatic heterocycles. The summed E-state index contributed by atoms with van der Waals surface area (Å²) in [6.45, 7) is 2.77. The fraction of sp³-hybridized carbons (Fsp3) is 0.174. The van der Waals surface area contributed by atoms with Crippen molar-refractivity contribution in [3.05, 3.63) is 83.9 Å². The topological polar surface area (TPSA) is 84.6 Å². The average Bonchev–Trinajstić information content (AvgIpc) is 2.72. The van der Waals surface area contributed by atoms with Crippen molar-refractivity contribution in [1.82, 2.24) is 5.32 Å². The van der Waals surface area contributed by atoms with Crippen LogP contribution < -0.4 is 15.8 Å². The van der Waals surface area contributed by atoms with Gasteiger partial charge in [-0.3, -0.25) is 4.79 Å². The number of phenolic OH excluding ortho intramolecular Hbond substituents is 1. The predicted molar refractivity (Wildman–Crippen MR) is 110 cm³/mol. The lowest BCUT2D eigenvalue weighted by Crippen LogP contribution is -2.33. The van der Waals surface area contributed by atoms with Crippen LogP contribution in [0.4, 0.5) is 0 Å². The van der Waals surface area contributed by atoms with Crippen molar-refractivity contribution < 1.29 is 14.6 Å². The van der Waals surface area contributed by atoms with Crippen molar-refractivity contribution in [3.8, 4) is 22.6 Å². The SMILES string of the molecule is CCOc1cccc(-c2cccc(C(=O)NC(CN)c3cccc(O)c3)c2)c1. The molecule has 3 rings (SSSR count). The molecule has 0 bridgehead atoms. The van der Waals surface area contributed by atoms with E-state index in [-0.39, 0.29) is 24.2 Å². The highest BCUT2D eigenvalue weighted by atomic mass is 16.5. The molecule has 1 amide bonds. The summed E-state index contributed by atoms with van der Waals surface area (Å²) in [5.74, 6) is 0.713. The summed E-state index contributed by atoms with van der Waals surface area (Å²) in [6.07, 6.45) is 0. The molecule has 3 aromatic carbocycles. The first-order valence-corrected chi connectivity index (χ1v) is 9.24. The van der Waals surface area contributed by atoms with Gasteiger partial charge in [0.1, 0.15) is 11.5 Å². The molecule has 4 N–H and O–H groups in total. The fourth-order valence-corrected chi connectivity index (χ4v) is 3.03. The van der Waals surface area contributed by atoms with E-state index < -0.39 is 0 Å². The summed E-state index contributed by atoms with van der Waals surface area (Å²) in [4.78, 5) is 12.8. The Morgan fingerprint density at radius 3 is 2.46 bits per heavy atom. The first-order chi connectivity index (χ1) is 13.6. The third-order valence-corrected chi connectivity index (χ3v) is 4.42. The van der Waals surface area contributed by atoms with Crippen LogP contribution in [0.5, 0.6) is 11.5 Å². The minimum atomic E-state index is -0.385. The summed E-state index contributed by atoms with van der Waals surface area (Å²) in [5.41, 5.74) is 9.04. The molecule has 0 saturated carbocycles. The van der Waals surface area contributed by atoms with Gasteiger partial charge in [0.25, 0.3) is 5.91 Å². The number of carbonyl (C=O) groups excluding carboxylic acids is 1. The number of benzene rings is 3. The first-order valence-electron chi connectivity index (χ1n) is 9.24. The van der Waals surface area contributed by atoms with Gasteiger partial charge in [-0.2, -0.15) is 0 Å². The van der Waals surface area contributed by atoms with Crippen LogP contribution in [0.2, 0.25) is 0 Å². The second kappa shape index (κ2) is 9.06. The highest BCUT2D eigenvalue weighted by Gasteiger charge is 2.15. The van der Waals surface area contributed by atoms with Gasteiger partial charge in [-0.05, 0) is 60.0 Å². The molecule has 5 heteroatoms. The maximum Gasteiger partial charge on any atom is 0.251 e. The molecule has 3 aromatic rings. The monoisotopic (exact) mass is 376 g/mol. The minimum absolute atomic E-state index is 0.140. The van der Waals surface area contributed by atoms with E-state index in [4.69, 9.17) is 10.5 Å². The Kier molecular flexibility index (Phi) is 6.29. The number of amides is 1. The number of hydrogen-bond donors (Lipinski definition) is 3. The predicted octanol–water partition coefficient (Wildman–Crippen LogP) is 3.89. The second-order valence-electron chi connectivity index (χ2n) is 6.40. The molecule has 0 fully saturated rings. The highest BCUT2D eigenvalue weighted by molar-refractivity contribution is 5.95. The Bertz CT molecular complexity index is 956. The summed E-state index contributed by atoms with van der Waals surface area (Å²) in [6, 6.07) is 21.5. The van der Waals surface area contributed by atoms with E-state index in [9.17, 15) is 9.90 Å². The van der Waals surface area contributed by atoms with Crippen LogP contribution in [-0.4, -0.2) is 24.2 Å². The molecule has 1 atom stereocenters. The van der Waals surface area contributed by atoms with Crippen LogP contribution in [0, 0.1) is 0 Å². The molecule has 1 unspecified atom stereocenters. The van der Waals surface area contributed by atoms with Gasteiger partial charge in [0, 0.05) is 12.1 Å². The van der Waals surface area contributed by atoms with E-state index in [1.165, 1.54) is 0 Å². The quantitative estimate of drug-likeness (QED) is 0.584. The molecule has 0 aromatic heterocycles. The van der Waals surface area contributed by atoms with Gasteiger partial charge in [-0.25, -0.2) is 0 Å². The molecule has 5 nitrogen and oxygen atoms in total. The zero-order chi connectivity index (χ0) is 19.9. The summed E-state index contributed by atoms with van der Waals surface area (Å²) in [5, 5.41) is 12.6. The zero-order valence-electron chi connectivity index (χ0n) is 15.8. The number of aromatic hydroxyl groups is 1. The molecule has 28 heavy (non-hydrogen) atoms. The van der Waals surface area contributed by atoms with Crippen molar-refractivity contribution in [3.63, 3.8) is 0 Å². The smallest absolute Gasteiger partial charge is 0.251 e. The Morgan fingerprint density at radius 1 is 1.04 bits per heavy atom. The Morgan fingerprint density at radius 2 is 1.75 bits per heavy atom. The van der Waals surface area contributed by atoms with Gasteiger partial charge >= 0.3 is 0 Å². The van der Waals surface area contributed by atoms with Gasteiger partial charge < -0.3 is 20.9 Å². The Hall–Kier alpha value is -3.31. The third-order valence-electron chi connectivity index (χ3n) is 4.42. The molecule has 0 radical (unpaired) electrons. The van der Waals surface area contributed by atoms with Crippen molar-refractivity contribution in [2.45, 2.75) is 13.0 Å². The molecule has 0 aliphatic rings. The van der Waals surface area contributed by atoms with Crippen LogP contribution in [0.25, 0.3) is 11.1 Å². The van der Waals surface area contributed by atoms with E-state index in [0.717, 1.165) is 22.4 Å². The van der Waals surface area contributed by atoms with Crippen LogP contribution in [0.3, 0.4) is 0 Å². The Labute approximate surface area is 164 Å². The average molecular weight is 376 g/mol. The normalized spacial score (nSPS) is 11.6. The number of carbonyl (C=O) groups is 1. The van der Waals surface area contributed by atoms with Crippen molar-refractivity contribution in [2.75, 3.05) is 13.2 Å². The largest absolute Gasteiger partial charge is 0.508 e. The first kappa shape index (κ1) is 19.5. The standard InChI is InChI=1S/C23H24N2O3/c1-2-28-21-11-5-7-17(14-21)16-6-3-9-19(12-16)23(27)25-22(15-24)18-8-4-10-20(26)13-18/h3-14,22,26H,2,15,24H2,1H3,(H,25,27). The number of rotatable bonds is 7. The lowest BCUT2D eigenvalue weighted by molar-refractivity contribution is 0.0937. The molecule has 0 aliphatic carbocycles. The molecular weight excluding hydrogens is 352 g/mol. The van der Waals surface area contributed by atoms with Crippen molar-refractivity contribution in [2.24, 2.45) is 5.73 Å². The van der Waals surface area contributed by atoms with Gasteiger partial charge in [0.15, 0.2) is 0 Å². The molecule has 0 spiro atoms. The lowest BCUT2D eigenvalue weighted by Gasteiger charge is -2.18. The van der Waals surface area contributed by atoms with E-state index in [1.54, 1.807) is 24.3 Å². The van der Waals surface area contributed by atoms with Crippen LogP contribution >= 0.6 is 0 Å². The second-order valence-corrected chi connectivity index (χ2v) is 6.40. The molecule has 0 saturated heterocycles. The maximum absolute atomic E-state index is 12.8. The molecular formula is C23H24N2O3. The van der Waals surface area contributed by atoms with Crippen LogP contribution in [-0.2, 0) is 0 Å². The van der Waals surface area contributed by atoms with Crippen LogP contribution in [0.15, 0.2) is 72.8 Å². The highest BCUT2D eigenvalue weighted by Crippen LogP contribution is 2.25. The number of ether oxygens (including phenoxy) is 1. The van der Waals surface area contributed by atoms with E-state index in [2.05, 4.69) is 5.32 Å². The number of phenols is 1. The van der Waals surface area contributed by atoms with Gasteiger partial charge in [-0.1, -0.05) is 36.4 Å². The fourth-order valence-electron chi connectivity index (χ4n) is 3.03. The van der Waals surface area contributed by atoms with Crippen LogP contribution in [0.1, 0.15) is 28.9 Å². The molecule has 144 valence electrons. The van der Waals surface area contributed by atoms with E-state index >= 15 is 0 Å². The summed E-state index contributed by atoms with van der Waals surface area (Å²) < 4.78 is 5.56. The van der Waals surface area contributed by atoms with Gasteiger partial charge in [0.2, 0.25) is 0 Å². The number of nitrogens with two attached hydrogens (primary N) is 1. The van der Waals surface area contributed by atoms with Gasteiger partial charge in [0.05, 0.1) is 12.6 Å². The van der Waals surface area contributed by atoms with Gasteiger partial charge in [-0.15, -0.1) is 0 Å². The minimum Gasteiger partial charge on any atom is -0.508 e. The van der Waals surface area contributed by atoms with E-state index in [1.807, 2.05) is 55.5 Å². The number of nitrogens with one attached hydrogen (secondary N) is 1. The number of hydrogen-bond acceptors (Lipinski definition) is 4. The van der Waals surface area contributed by atoms with Crippen molar-refractivity contribution >= 4 is 5.91 Å². The lowest BCUT2D eigenvalue weighted by atomic mass is 10.0.